The van der Waals surface area contributed by atoms with E-state index in [1.807, 2.05) is 0 Å². The van der Waals surface area contributed by atoms with Crippen molar-refractivity contribution >= 4 is 50.8 Å². The Bertz CT molecular complexity index is 347. The molecule has 0 saturated carbocycles. The Labute approximate surface area is 86.8 Å². The molecule has 0 amide bonds. The van der Waals surface area contributed by atoms with Crippen molar-refractivity contribution in [2.45, 2.75) is 7.72 Å². The van der Waals surface area contributed by atoms with Crippen molar-refractivity contribution in [3.05, 3.63) is 10.8 Å². The Morgan fingerprint density at radius 1 is 1.67 bits per heavy atom. The van der Waals surface area contributed by atoms with Crippen LogP contribution in [0.5, 0.6) is 0 Å². The van der Waals surface area contributed by atoms with Crippen LogP contribution in [0.4, 0.5) is 0 Å². The SMILES string of the molecule is O=P12OC3=C(Cl)[CH2][In]([Br])[C]3(O1)O2. The molecule has 3 fully saturated rings. The standard InChI is InChI=1S/C4H2ClO4P.BrH.In/c1-2(5)3-4-8-10(6,7-3)9-4;;/h1H2;1H;/q;;+1/p-1. The number of hydrogen-bond donors (Lipinski definition) is 0. The number of allylic oxidation sites excluding steroid dienone is 1. The third-order valence-electron chi connectivity index (χ3n) is 2.03. The molecule has 0 aliphatic carbocycles. The van der Waals surface area contributed by atoms with Crippen LogP contribution in [0.25, 0.3) is 0 Å². The van der Waals surface area contributed by atoms with E-state index in [-0.39, 0.29) is 0 Å². The van der Waals surface area contributed by atoms with Crippen molar-refractivity contribution in [2.24, 2.45) is 0 Å². The fourth-order valence-corrected chi connectivity index (χ4v) is 20.9. The summed E-state index contributed by atoms with van der Waals surface area (Å²) in [6.45, 7) is 0. The zero-order chi connectivity index (χ0) is 8.56. The normalized spacial score (nSPS) is 49.0. The maximum absolute atomic E-state index is 11.2. The topological polar surface area (TPSA) is 44.8 Å². The third-order valence-corrected chi connectivity index (χ3v) is 17.8. The van der Waals surface area contributed by atoms with Gasteiger partial charge in [0.15, 0.2) is 0 Å². The zero-order valence-corrected chi connectivity index (χ0v) is 12.2. The van der Waals surface area contributed by atoms with E-state index in [2.05, 4.69) is 12.3 Å². The molecule has 4 rings (SSSR count). The molecule has 4 aliphatic rings. The predicted molar refractivity (Wildman–Crippen MR) is 46.0 cm³/mol. The van der Waals surface area contributed by atoms with E-state index in [1.54, 1.807) is 0 Å². The second-order valence-corrected chi connectivity index (χ2v) is 18.1. The van der Waals surface area contributed by atoms with Crippen molar-refractivity contribution in [3.63, 3.8) is 0 Å². The molecule has 4 heterocycles. The summed E-state index contributed by atoms with van der Waals surface area (Å²) in [5, 5.41) is 0.614. The van der Waals surface area contributed by atoms with Crippen molar-refractivity contribution < 1.29 is 18.1 Å². The van der Waals surface area contributed by atoms with Gasteiger partial charge in [-0.05, 0) is 0 Å². The average Bonchev–Trinajstić information content (AvgIpc) is 2.41. The van der Waals surface area contributed by atoms with Crippen molar-refractivity contribution in [3.8, 4) is 0 Å². The van der Waals surface area contributed by atoms with E-state index in [1.165, 1.54) is 0 Å². The van der Waals surface area contributed by atoms with Gasteiger partial charge in [0.1, 0.15) is 0 Å². The average molecular weight is 375 g/mol. The molecule has 8 heteroatoms. The molecule has 2 bridgehead atoms. The first-order valence-electron chi connectivity index (χ1n) is 3.30. The summed E-state index contributed by atoms with van der Waals surface area (Å²) >= 11 is 7.28. The van der Waals surface area contributed by atoms with Gasteiger partial charge in [-0.15, -0.1) is 0 Å². The summed E-state index contributed by atoms with van der Waals surface area (Å²) in [7, 11) is -3.18. The molecule has 64 valence electrons. The van der Waals surface area contributed by atoms with Gasteiger partial charge in [-0.1, -0.05) is 0 Å². The summed E-state index contributed by atoms with van der Waals surface area (Å²) in [6, 6.07) is 0. The number of halogens is 2. The van der Waals surface area contributed by atoms with Gasteiger partial charge in [-0.3, -0.25) is 0 Å². The van der Waals surface area contributed by atoms with E-state index in [0.717, 1.165) is 4.18 Å². The Kier molecular flexibility index (Phi) is 1.64. The molecule has 0 aromatic heterocycles. The van der Waals surface area contributed by atoms with Crippen LogP contribution in [0.15, 0.2) is 10.8 Å². The molecule has 4 nitrogen and oxygen atoms in total. The first-order chi connectivity index (χ1) is 5.56. The molecule has 1 spiro atoms. The van der Waals surface area contributed by atoms with Gasteiger partial charge >= 0.3 is 87.5 Å². The summed E-state index contributed by atoms with van der Waals surface area (Å²) in [5.41, 5.74) is 0. The summed E-state index contributed by atoms with van der Waals surface area (Å²) in [4.78, 5) is 0. The third kappa shape index (κ3) is 0.823. The van der Waals surface area contributed by atoms with Crippen molar-refractivity contribution in [1.82, 2.24) is 0 Å². The Morgan fingerprint density at radius 2 is 2.33 bits per heavy atom. The van der Waals surface area contributed by atoms with Crippen LogP contribution in [-0.4, -0.2) is 22.7 Å². The number of phosphoric acid groups is 1. The molecule has 0 radical (unpaired) electrons. The molecular weight excluding hydrogens is 373 g/mol. The molecule has 0 N–H and O–H groups in total. The first kappa shape index (κ1) is 8.62. The van der Waals surface area contributed by atoms with Gasteiger partial charge in [-0.25, -0.2) is 0 Å². The van der Waals surface area contributed by atoms with Gasteiger partial charge in [-0.2, -0.15) is 0 Å². The van der Waals surface area contributed by atoms with E-state index < -0.39 is 30.5 Å². The summed E-state index contributed by atoms with van der Waals surface area (Å²) in [6.07, 6.45) is 0. The maximum atomic E-state index is 11.2. The summed E-state index contributed by atoms with van der Waals surface area (Å²) in [5.74, 6) is 0.477. The predicted octanol–water partition coefficient (Wildman–Crippen LogP) is 2.26. The molecule has 3 saturated heterocycles. The second kappa shape index (κ2) is 2.28. The quantitative estimate of drug-likeness (QED) is 0.610. The molecular formula is C4H2BrClInO4P. The fraction of sp³-hybridized carbons (Fsp3) is 0.500. The van der Waals surface area contributed by atoms with Gasteiger partial charge < -0.3 is 0 Å². The van der Waals surface area contributed by atoms with Gasteiger partial charge in [0.2, 0.25) is 0 Å². The van der Waals surface area contributed by atoms with Crippen molar-refractivity contribution in [2.75, 3.05) is 0 Å². The second-order valence-electron chi connectivity index (χ2n) is 2.79. The molecule has 0 aromatic rings. The van der Waals surface area contributed by atoms with Gasteiger partial charge in [0.05, 0.1) is 0 Å². The fourth-order valence-electron chi connectivity index (χ4n) is 1.51. The van der Waals surface area contributed by atoms with E-state index >= 15 is 0 Å². The van der Waals surface area contributed by atoms with E-state index in [9.17, 15) is 4.57 Å². The molecule has 0 unspecified atom stereocenters. The Hall–Kier alpha value is 1.33. The van der Waals surface area contributed by atoms with Crippen LogP contribution in [0, 0.1) is 0 Å². The summed E-state index contributed by atoms with van der Waals surface area (Å²) < 4.78 is 26.5. The molecule has 0 atom stereocenters. The van der Waals surface area contributed by atoms with Crippen LogP contribution in [-0.2, 0) is 18.1 Å². The van der Waals surface area contributed by atoms with Crippen LogP contribution in [0.1, 0.15) is 0 Å². The Morgan fingerprint density at radius 3 is 2.92 bits per heavy atom. The van der Waals surface area contributed by atoms with Crippen LogP contribution >= 0.6 is 31.7 Å². The van der Waals surface area contributed by atoms with E-state index in [4.69, 9.17) is 25.2 Å². The van der Waals surface area contributed by atoms with Crippen LogP contribution in [0.2, 0.25) is 4.18 Å². The molecule has 4 aliphatic heterocycles. The van der Waals surface area contributed by atoms with Gasteiger partial charge in [0, 0.05) is 0 Å². The van der Waals surface area contributed by atoms with Crippen LogP contribution in [0.3, 0.4) is 0 Å². The number of rotatable bonds is 0. The minimum atomic E-state index is -3.18. The molecule has 12 heavy (non-hydrogen) atoms. The van der Waals surface area contributed by atoms with E-state index in [0.29, 0.717) is 10.8 Å². The number of phosphoric ester groups is 1. The number of hydrogen-bond acceptors (Lipinski definition) is 4. The first-order valence-corrected chi connectivity index (χ1v) is 16.5. The Balaban J connectivity index is 2.17. The minimum absolute atomic E-state index is 0.477. The van der Waals surface area contributed by atoms with Crippen LogP contribution < -0.4 is 0 Å². The zero-order valence-electron chi connectivity index (χ0n) is 5.62. The monoisotopic (exact) mass is 374 g/mol. The van der Waals surface area contributed by atoms with Gasteiger partial charge in [0.25, 0.3) is 0 Å². The molecule has 0 aromatic carbocycles. The van der Waals surface area contributed by atoms with Crippen molar-refractivity contribution in [1.29, 1.82) is 0 Å².